The van der Waals surface area contributed by atoms with Crippen molar-refractivity contribution in [3.8, 4) is 0 Å². The van der Waals surface area contributed by atoms with Crippen molar-refractivity contribution in [3.05, 3.63) is 0 Å². The predicted octanol–water partition coefficient (Wildman–Crippen LogP) is 0.896. The first-order valence-electron chi connectivity index (χ1n) is 16.3. The Kier molecular flexibility index (Phi) is 8.84. The average molecular weight is 655 g/mol. The molecule has 4 saturated carbocycles. The topological polar surface area (TPSA) is 209 Å². The quantitative estimate of drug-likeness (QED) is 0.192. The molecule has 2 unspecified atom stereocenters. The molecule has 0 aromatic carbocycles. The van der Waals surface area contributed by atoms with Gasteiger partial charge in [-0.25, -0.2) is 13.7 Å². The minimum atomic E-state index is -2.59. The van der Waals surface area contributed by atoms with Crippen LogP contribution in [0.25, 0.3) is 0 Å². The van der Waals surface area contributed by atoms with Gasteiger partial charge in [0.25, 0.3) is 5.92 Å². The lowest BCUT2D eigenvalue weighted by Gasteiger charge is -2.48. The molecule has 0 amide bonds. The molecule has 45 heavy (non-hydrogen) atoms. The average Bonchev–Trinajstić information content (AvgIpc) is 3.70. The summed E-state index contributed by atoms with van der Waals surface area (Å²) >= 11 is 0. The van der Waals surface area contributed by atoms with E-state index < -0.39 is 57.5 Å². The van der Waals surface area contributed by atoms with Crippen LogP contribution in [-0.2, 0) is 0 Å². The number of alkyl halides is 2. The van der Waals surface area contributed by atoms with Gasteiger partial charge >= 0.3 is 0 Å². The number of halogens is 2. The molecule has 0 radical (unpaired) electrons. The van der Waals surface area contributed by atoms with Crippen LogP contribution in [0.15, 0.2) is 0 Å². The molecule has 7 rings (SSSR count). The molecule has 0 aromatic heterocycles. The van der Waals surface area contributed by atoms with Gasteiger partial charge in [0, 0.05) is 54.5 Å². The number of nitrogens with zero attached hydrogens (tertiary/aromatic N) is 2. The van der Waals surface area contributed by atoms with E-state index in [2.05, 4.69) is 0 Å². The maximum Gasteiger partial charge on any atom is 0.252 e. The lowest BCUT2D eigenvalue weighted by molar-refractivity contribution is -0.403. The lowest BCUT2D eigenvalue weighted by atomic mass is 9.72. The molecule has 0 bridgehead atoms. The molecule has 3 spiro atoms. The fourth-order valence-corrected chi connectivity index (χ4v) is 8.26. The Hall–Kier alpha value is -0.620. The number of likely N-dealkylation sites (tertiary alicyclic amines) is 1. The second-order valence-electron chi connectivity index (χ2n) is 15.6. The molecule has 0 aromatic rings. The zero-order chi connectivity index (χ0) is 34.7. The summed E-state index contributed by atoms with van der Waals surface area (Å²) in [6, 6.07) is -0.00102. The Morgan fingerprint density at radius 1 is 0.756 bits per heavy atom. The van der Waals surface area contributed by atoms with Crippen LogP contribution < -0.4 is 0 Å². The van der Waals surface area contributed by atoms with E-state index in [9.17, 15) is 49.6 Å². The normalized spacial score (nSPS) is 36.0. The second kappa shape index (κ2) is 10.7. The molecule has 4 aliphatic carbocycles. The van der Waals surface area contributed by atoms with Crippen molar-refractivity contribution in [3.63, 3.8) is 0 Å². The number of hydrogen-bond donors (Lipinski definition) is 10. The first-order chi connectivity index (χ1) is 20.2. The Bertz CT molecular complexity index is 1110. The van der Waals surface area contributed by atoms with Gasteiger partial charge in [0.1, 0.15) is 0 Å². The molecule has 3 aliphatic heterocycles. The third kappa shape index (κ3) is 5.88. The van der Waals surface area contributed by atoms with E-state index in [0.29, 0.717) is 32.1 Å². The van der Waals surface area contributed by atoms with Crippen molar-refractivity contribution in [1.29, 1.82) is 0 Å². The largest absolute Gasteiger partial charge is 0.366 e. The smallest absolute Gasteiger partial charge is 0.252 e. The molecule has 10 N–H and O–H groups in total. The molecule has 3 atom stereocenters. The van der Waals surface area contributed by atoms with Gasteiger partial charge in [-0.05, 0) is 71.1 Å². The summed E-state index contributed by atoms with van der Waals surface area (Å²) in [5.41, 5.74) is -3.04. The summed E-state index contributed by atoms with van der Waals surface area (Å²) < 4.78 is 25.7. The van der Waals surface area contributed by atoms with Gasteiger partial charge in [-0.3, -0.25) is 0 Å². The third-order valence-corrected chi connectivity index (χ3v) is 12.1. The van der Waals surface area contributed by atoms with Gasteiger partial charge < -0.3 is 51.1 Å². The highest BCUT2D eigenvalue weighted by atomic mass is 19.3. The molecular formula is C31H56F2N2O10. The van der Waals surface area contributed by atoms with E-state index in [4.69, 9.17) is 10.2 Å². The summed E-state index contributed by atoms with van der Waals surface area (Å²) in [5.74, 6) is -13.9. The first-order valence-corrected chi connectivity index (χ1v) is 16.3. The van der Waals surface area contributed by atoms with Crippen molar-refractivity contribution in [2.75, 3.05) is 6.54 Å². The van der Waals surface area contributed by atoms with E-state index in [1.165, 1.54) is 18.7 Å². The Morgan fingerprint density at radius 3 is 1.51 bits per heavy atom. The number of rotatable bonds is 4. The van der Waals surface area contributed by atoms with Crippen LogP contribution in [0.4, 0.5) is 8.78 Å². The highest BCUT2D eigenvalue weighted by Crippen LogP contribution is 2.80. The van der Waals surface area contributed by atoms with Gasteiger partial charge in [0.05, 0.1) is 5.54 Å². The summed E-state index contributed by atoms with van der Waals surface area (Å²) in [6.45, 7) is 12.1. The van der Waals surface area contributed by atoms with E-state index in [-0.39, 0.29) is 43.2 Å². The minimum Gasteiger partial charge on any atom is -0.366 e. The van der Waals surface area contributed by atoms with E-state index in [0.717, 1.165) is 17.7 Å². The van der Waals surface area contributed by atoms with Crippen LogP contribution in [0.3, 0.4) is 0 Å². The molecule has 3 saturated heterocycles. The van der Waals surface area contributed by atoms with Crippen molar-refractivity contribution >= 4 is 0 Å². The van der Waals surface area contributed by atoms with Crippen LogP contribution in [0.1, 0.15) is 113 Å². The van der Waals surface area contributed by atoms with Gasteiger partial charge in [0.2, 0.25) is 17.7 Å². The highest BCUT2D eigenvalue weighted by molar-refractivity contribution is 5.33. The Labute approximate surface area is 263 Å². The van der Waals surface area contributed by atoms with E-state index >= 15 is 0 Å². The zero-order valence-corrected chi connectivity index (χ0v) is 27.6. The number of aliphatic hydroxyl groups is 10. The van der Waals surface area contributed by atoms with Crippen LogP contribution in [0.2, 0.25) is 0 Å². The van der Waals surface area contributed by atoms with Gasteiger partial charge in [-0.1, -0.05) is 27.7 Å². The first kappa shape index (κ1) is 37.2. The third-order valence-electron chi connectivity index (χ3n) is 12.1. The Morgan fingerprint density at radius 2 is 1.20 bits per heavy atom. The van der Waals surface area contributed by atoms with Crippen LogP contribution >= 0.6 is 0 Å². The molecule has 7 aliphatic rings. The van der Waals surface area contributed by atoms with Crippen LogP contribution in [0, 0.1) is 28.1 Å². The minimum absolute atomic E-state index is 0.00102. The monoisotopic (exact) mass is 654 g/mol. The summed E-state index contributed by atoms with van der Waals surface area (Å²) in [7, 11) is 0. The fraction of sp³-hybridized carbons (Fsp3) is 1.00. The standard InChI is InChI=1S/C13H21NO6.C11H17F2NO2.C5H12O2.C2H6/c1-8(15,16)11-6-10(4-5-10)13(19,20)14(11)12(17,18)7-9(11)2-3-9;1-7-9(2-3-9)6-11(15,16)14(7)5-8-4-10(8,12)13;1-4(2)5(3,6)7;1-2/h15-20H,2-7H2,1H3;7-8,15-16H,2-6H2,1H3;4,6-7H,1-3H3;1-2H3/t11-;;;/m0.../s1. The molecule has 264 valence electrons. The van der Waals surface area contributed by atoms with Crippen LogP contribution in [0.5, 0.6) is 0 Å². The van der Waals surface area contributed by atoms with E-state index in [1.807, 2.05) is 20.8 Å². The van der Waals surface area contributed by atoms with E-state index in [1.54, 1.807) is 13.8 Å². The number of hydrogen-bond acceptors (Lipinski definition) is 12. The van der Waals surface area contributed by atoms with Crippen LogP contribution in [-0.4, -0.2) is 114 Å². The fourth-order valence-electron chi connectivity index (χ4n) is 8.26. The van der Waals surface area contributed by atoms with Crippen molar-refractivity contribution in [2.24, 2.45) is 28.1 Å². The molecule has 7 fully saturated rings. The lowest BCUT2D eigenvalue weighted by Crippen LogP contribution is -2.69. The SMILES string of the molecule is CC.CC(C)C(C)(O)O.CC(O)(O)[C@]12CC3(CC3)C(O)(O)N1C(O)(O)CC21CC1.CC1N(CC2CC2(F)F)C(O)(O)CC12CC2. The highest BCUT2D eigenvalue weighted by Gasteiger charge is 2.89. The van der Waals surface area contributed by atoms with Crippen molar-refractivity contribution < 1.29 is 59.8 Å². The van der Waals surface area contributed by atoms with Gasteiger partial charge in [-0.2, -0.15) is 4.90 Å². The van der Waals surface area contributed by atoms with Crippen molar-refractivity contribution in [1.82, 2.24) is 9.80 Å². The number of fused-ring (bicyclic) bond motifs is 2. The predicted molar refractivity (Wildman–Crippen MR) is 156 cm³/mol. The van der Waals surface area contributed by atoms with Gasteiger partial charge in [0.15, 0.2) is 11.6 Å². The summed E-state index contributed by atoms with van der Waals surface area (Å²) in [4.78, 5) is 2.23. The van der Waals surface area contributed by atoms with Gasteiger partial charge in [-0.15, -0.1) is 0 Å². The maximum atomic E-state index is 12.8. The molecule has 3 heterocycles. The zero-order valence-electron chi connectivity index (χ0n) is 27.6. The molecule has 14 heteroatoms. The maximum absolute atomic E-state index is 12.8. The second-order valence-corrected chi connectivity index (χ2v) is 15.6. The van der Waals surface area contributed by atoms with Crippen molar-refractivity contribution in [2.45, 2.75) is 159 Å². The summed E-state index contributed by atoms with van der Waals surface area (Å²) in [5, 5.41) is 99.4. The molecule has 12 nitrogen and oxygen atoms in total. The Balaban J connectivity index is 0.000000165. The molecular weight excluding hydrogens is 598 g/mol. The summed E-state index contributed by atoms with van der Waals surface area (Å²) in [6.07, 6.45) is 4.50.